The molecule has 6 nitrogen and oxygen atoms in total. The van der Waals surface area contributed by atoms with Crippen LogP contribution in [0.5, 0.6) is 0 Å². The highest BCUT2D eigenvalue weighted by atomic mass is 35.5. The lowest BCUT2D eigenvalue weighted by Gasteiger charge is -2.40. The Kier molecular flexibility index (Phi) is 1.48. The third kappa shape index (κ3) is 0.959. The number of hydrogen-bond donors (Lipinski definition) is 1. The van der Waals surface area contributed by atoms with E-state index in [0.29, 0.717) is 4.42 Å². The van der Waals surface area contributed by atoms with Crippen molar-refractivity contribution in [2.45, 2.75) is 5.72 Å². The standard InChI is InChI=1S/C4H5ClNO5P/c5-6-3(7)10-1-4(6)2-12(8,9)11-4/h1-2H2,(H,8,9). The van der Waals surface area contributed by atoms with Gasteiger partial charge in [-0.2, -0.15) is 4.42 Å². The molecule has 0 saturated carbocycles. The minimum Gasteiger partial charge on any atom is -0.443 e. The largest absolute Gasteiger partial charge is 0.443 e. The Labute approximate surface area is 72.6 Å². The van der Waals surface area contributed by atoms with Gasteiger partial charge in [-0.1, -0.05) is 0 Å². The van der Waals surface area contributed by atoms with Crippen molar-refractivity contribution >= 4 is 25.5 Å². The fourth-order valence-electron chi connectivity index (χ4n) is 1.19. The first-order valence-electron chi connectivity index (χ1n) is 3.11. The zero-order valence-corrected chi connectivity index (χ0v) is 7.42. The van der Waals surface area contributed by atoms with Gasteiger partial charge in [0.05, 0.1) is 0 Å². The SMILES string of the molecule is O=C1OCC2(CP(=O)(O)O2)N1Cl. The first kappa shape index (κ1) is 8.31. The van der Waals surface area contributed by atoms with Crippen LogP contribution in [0.4, 0.5) is 4.79 Å². The molecule has 2 heterocycles. The molecule has 0 aromatic carbocycles. The van der Waals surface area contributed by atoms with Gasteiger partial charge in [-0.25, -0.2) is 4.79 Å². The van der Waals surface area contributed by atoms with Crippen LogP contribution in [0.3, 0.4) is 0 Å². The summed E-state index contributed by atoms with van der Waals surface area (Å²) in [5, 5.41) is 0. The topological polar surface area (TPSA) is 76.1 Å². The smallest absolute Gasteiger partial charge is 0.427 e. The lowest BCUT2D eigenvalue weighted by Crippen LogP contribution is -2.53. The maximum absolute atomic E-state index is 10.8. The van der Waals surface area contributed by atoms with E-state index in [1.807, 2.05) is 0 Å². The molecule has 0 aromatic rings. The fraction of sp³-hybridized carbons (Fsp3) is 0.750. The predicted molar refractivity (Wildman–Crippen MR) is 37.5 cm³/mol. The minimum atomic E-state index is -3.50. The Hall–Kier alpha value is -0.290. The number of hydrogen-bond acceptors (Lipinski definition) is 4. The molecule has 1 spiro atoms. The van der Waals surface area contributed by atoms with Crippen molar-refractivity contribution in [3.63, 3.8) is 0 Å². The van der Waals surface area contributed by atoms with Crippen LogP contribution in [0.1, 0.15) is 0 Å². The second-order valence-corrected chi connectivity index (χ2v) is 4.78. The van der Waals surface area contributed by atoms with Crippen molar-refractivity contribution < 1.29 is 23.5 Å². The number of nitrogens with zero attached hydrogens (tertiary/aromatic N) is 1. The van der Waals surface area contributed by atoms with Crippen molar-refractivity contribution in [2.75, 3.05) is 12.8 Å². The average molecular weight is 214 g/mol. The summed E-state index contributed by atoms with van der Waals surface area (Å²) >= 11 is 5.45. The van der Waals surface area contributed by atoms with Gasteiger partial charge in [0, 0.05) is 11.8 Å². The summed E-state index contributed by atoms with van der Waals surface area (Å²) in [6.45, 7) is -0.0973. The van der Waals surface area contributed by atoms with E-state index < -0.39 is 19.4 Å². The van der Waals surface area contributed by atoms with Crippen LogP contribution in [-0.2, 0) is 13.8 Å². The van der Waals surface area contributed by atoms with Gasteiger partial charge >= 0.3 is 13.7 Å². The highest BCUT2D eigenvalue weighted by Gasteiger charge is 2.63. The summed E-state index contributed by atoms with van der Waals surface area (Å²) in [5.74, 6) is 0. The van der Waals surface area contributed by atoms with E-state index in [2.05, 4.69) is 9.26 Å². The molecular formula is C4H5ClNO5P. The third-order valence-electron chi connectivity index (χ3n) is 1.70. The first-order valence-corrected chi connectivity index (χ1v) is 5.21. The molecule has 1 N–H and O–H groups in total. The van der Waals surface area contributed by atoms with E-state index in [1.165, 1.54) is 0 Å². The number of amides is 1. The van der Waals surface area contributed by atoms with Crippen molar-refractivity contribution in [1.29, 1.82) is 0 Å². The van der Waals surface area contributed by atoms with E-state index in [0.717, 1.165) is 0 Å². The summed E-state index contributed by atoms with van der Waals surface area (Å²) < 4.78 is 20.6. The molecule has 2 fully saturated rings. The molecule has 68 valence electrons. The van der Waals surface area contributed by atoms with E-state index in [9.17, 15) is 9.36 Å². The van der Waals surface area contributed by atoms with Crippen molar-refractivity contribution in [3.05, 3.63) is 0 Å². The molecule has 2 aliphatic rings. The summed E-state index contributed by atoms with van der Waals surface area (Å²) in [5.41, 5.74) is -1.21. The molecule has 2 rings (SSSR count). The Balaban J connectivity index is 2.17. The van der Waals surface area contributed by atoms with Crippen LogP contribution in [0.15, 0.2) is 0 Å². The van der Waals surface area contributed by atoms with Crippen LogP contribution in [-0.4, -0.2) is 33.9 Å². The quantitative estimate of drug-likeness (QED) is 0.469. The number of carbonyl (C=O) groups is 1. The van der Waals surface area contributed by atoms with Gasteiger partial charge in [-0.3, -0.25) is 9.09 Å². The molecular weight excluding hydrogens is 208 g/mol. The minimum absolute atomic E-state index is 0.0973. The number of carbonyl (C=O) groups excluding carboxylic acids is 1. The van der Waals surface area contributed by atoms with Crippen molar-refractivity contribution in [3.8, 4) is 0 Å². The molecule has 2 aliphatic heterocycles. The normalized spacial score (nSPS) is 46.2. The van der Waals surface area contributed by atoms with Gasteiger partial charge in [0.1, 0.15) is 12.8 Å². The second-order valence-electron chi connectivity index (χ2n) is 2.67. The summed E-state index contributed by atoms with van der Waals surface area (Å²) in [7, 11) is -3.50. The lowest BCUT2D eigenvalue weighted by atomic mass is 10.3. The highest BCUT2D eigenvalue weighted by molar-refractivity contribution is 7.54. The summed E-state index contributed by atoms with van der Waals surface area (Å²) in [6.07, 6.45) is -0.925. The number of rotatable bonds is 0. The number of halogens is 1. The van der Waals surface area contributed by atoms with Gasteiger partial charge in [0.2, 0.25) is 5.72 Å². The lowest BCUT2D eigenvalue weighted by molar-refractivity contribution is -0.0370. The zero-order chi connectivity index (χ0) is 8.98. The zero-order valence-electron chi connectivity index (χ0n) is 5.77. The molecule has 1 amide bonds. The Morgan fingerprint density at radius 2 is 2.33 bits per heavy atom. The van der Waals surface area contributed by atoms with E-state index in [4.69, 9.17) is 16.7 Å². The highest BCUT2D eigenvalue weighted by Crippen LogP contribution is 2.61. The fourth-order valence-corrected chi connectivity index (χ4v) is 3.03. The molecule has 8 heteroatoms. The van der Waals surface area contributed by atoms with Crippen molar-refractivity contribution in [2.24, 2.45) is 0 Å². The Morgan fingerprint density at radius 1 is 1.75 bits per heavy atom. The molecule has 2 atom stereocenters. The maximum atomic E-state index is 10.8. The van der Waals surface area contributed by atoms with Crippen LogP contribution < -0.4 is 0 Å². The summed E-state index contributed by atoms with van der Waals surface area (Å²) in [4.78, 5) is 19.5. The number of ether oxygens (including phenoxy) is 1. The van der Waals surface area contributed by atoms with Gasteiger partial charge in [0.15, 0.2) is 0 Å². The van der Waals surface area contributed by atoms with Gasteiger partial charge < -0.3 is 9.63 Å². The molecule has 12 heavy (non-hydrogen) atoms. The molecule has 2 unspecified atom stereocenters. The van der Waals surface area contributed by atoms with E-state index >= 15 is 0 Å². The van der Waals surface area contributed by atoms with Crippen LogP contribution in [0.25, 0.3) is 0 Å². The first-order chi connectivity index (χ1) is 5.45. The molecule has 0 radical (unpaired) electrons. The molecule has 2 saturated heterocycles. The average Bonchev–Trinajstić information content (AvgIpc) is 2.15. The van der Waals surface area contributed by atoms with Crippen molar-refractivity contribution in [1.82, 2.24) is 4.42 Å². The summed E-state index contributed by atoms with van der Waals surface area (Å²) in [6, 6.07) is 0. The van der Waals surface area contributed by atoms with Crippen LogP contribution in [0, 0.1) is 0 Å². The third-order valence-corrected chi connectivity index (χ3v) is 3.66. The van der Waals surface area contributed by atoms with Crippen LogP contribution in [0.2, 0.25) is 0 Å². The monoisotopic (exact) mass is 213 g/mol. The predicted octanol–water partition coefficient (Wildman–Crippen LogP) is 0.504. The molecule has 0 bridgehead atoms. The van der Waals surface area contributed by atoms with Gasteiger partial charge in [0.25, 0.3) is 0 Å². The maximum Gasteiger partial charge on any atom is 0.427 e. The van der Waals surface area contributed by atoms with E-state index in [1.54, 1.807) is 0 Å². The van der Waals surface area contributed by atoms with Crippen LogP contribution >= 0.6 is 19.4 Å². The molecule has 0 aliphatic carbocycles. The Morgan fingerprint density at radius 3 is 2.67 bits per heavy atom. The van der Waals surface area contributed by atoms with Gasteiger partial charge in [-0.15, -0.1) is 0 Å². The van der Waals surface area contributed by atoms with Gasteiger partial charge in [-0.05, 0) is 0 Å². The number of cyclic esters (lactones) is 1. The van der Waals surface area contributed by atoms with E-state index in [-0.39, 0.29) is 12.8 Å². The Bertz CT molecular complexity index is 283. The molecule has 0 aromatic heterocycles. The second kappa shape index (κ2) is 2.14.